The van der Waals surface area contributed by atoms with Gasteiger partial charge in [-0.3, -0.25) is 0 Å². The predicted octanol–water partition coefficient (Wildman–Crippen LogP) is 4.38. The van der Waals surface area contributed by atoms with Crippen LogP contribution >= 0.6 is 0 Å². The second-order valence-electron chi connectivity index (χ2n) is 5.16. The quantitative estimate of drug-likeness (QED) is 0.819. The van der Waals surface area contributed by atoms with Gasteiger partial charge in [-0.1, -0.05) is 38.1 Å². The van der Waals surface area contributed by atoms with E-state index in [1.165, 1.54) is 5.56 Å². The van der Waals surface area contributed by atoms with Gasteiger partial charge in [-0.2, -0.15) is 0 Å². The third kappa shape index (κ3) is 4.80. The van der Waals surface area contributed by atoms with Crippen molar-refractivity contribution in [1.82, 2.24) is 5.32 Å². The van der Waals surface area contributed by atoms with Crippen LogP contribution in [0.5, 0.6) is 17.2 Å². The van der Waals surface area contributed by atoms with Crippen LogP contribution in [0.25, 0.3) is 0 Å². The number of rotatable bonds is 7. The van der Waals surface area contributed by atoms with Crippen LogP contribution in [0.3, 0.4) is 0 Å². The fourth-order valence-corrected chi connectivity index (χ4v) is 1.93. The second kappa shape index (κ2) is 7.70. The molecule has 0 bridgehead atoms. The minimum absolute atomic E-state index is 0.485. The van der Waals surface area contributed by atoms with Crippen molar-refractivity contribution < 1.29 is 9.47 Å². The molecule has 0 saturated carbocycles. The fourth-order valence-electron chi connectivity index (χ4n) is 1.93. The highest BCUT2D eigenvalue weighted by atomic mass is 16.5. The van der Waals surface area contributed by atoms with Crippen molar-refractivity contribution in [1.29, 1.82) is 0 Å². The highest BCUT2D eigenvalue weighted by molar-refractivity contribution is 5.43. The Balaban J connectivity index is 2.03. The fraction of sp³-hybridized carbons (Fsp3) is 0.333. The van der Waals surface area contributed by atoms with E-state index < -0.39 is 0 Å². The van der Waals surface area contributed by atoms with Gasteiger partial charge in [-0.25, -0.2) is 0 Å². The van der Waals surface area contributed by atoms with E-state index in [1.807, 2.05) is 43.3 Å². The van der Waals surface area contributed by atoms with Crippen molar-refractivity contribution in [2.45, 2.75) is 33.4 Å². The Morgan fingerprint density at radius 1 is 0.952 bits per heavy atom. The molecular weight excluding hydrogens is 262 g/mol. The van der Waals surface area contributed by atoms with E-state index in [1.54, 1.807) is 0 Å². The number of hydrogen-bond acceptors (Lipinski definition) is 3. The van der Waals surface area contributed by atoms with Crippen LogP contribution in [0.15, 0.2) is 48.5 Å². The summed E-state index contributed by atoms with van der Waals surface area (Å²) in [7, 11) is 0. The smallest absolute Gasteiger partial charge is 0.169 e. The Kier molecular flexibility index (Phi) is 5.64. The van der Waals surface area contributed by atoms with Crippen LogP contribution < -0.4 is 14.8 Å². The second-order valence-corrected chi connectivity index (χ2v) is 5.16. The Morgan fingerprint density at radius 2 is 1.62 bits per heavy atom. The first-order chi connectivity index (χ1) is 10.2. The first-order valence-corrected chi connectivity index (χ1v) is 7.41. The van der Waals surface area contributed by atoms with Gasteiger partial charge in [0.05, 0.1) is 6.61 Å². The molecule has 21 heavy (non-hydrogen) atoms. The number of ether oxygens (including phenoxy) is 2. The van der Waals surface area contributed by atoms with E-state index in [0.29, 0.717) is 12.6 Å². The Bertz CT molecular complexity index is 549. The summed E-state index contributed by atoms with van der Waals surface area (Å²) in [5.41, 5.74) is 1.24. The molecule has 2 aromatic carbocycles. The van der Waals surface area contributed by atoms with Crippen molar-refractivity contribution in [2.75, 3.05) is 6.61 Å². The zero-order chi connectivity index (χ0) is 15.1. The highest BCUT2D eigenvalue weighted by Gasteiger charge is 2.05. The third-order valence-corrected chi connectivity index (χ3v) is 3.01. The van der Waals surface area contributed by atoms with E-state index in [9.17, 15) is 0 Å². The van der Waals surface area contributed by atoms with Gasteiger partial charge in [0.1, 0.15) is 5.75 Å². The zero-order valence-electron chi connectivity index (χ0n) is 12.9. The van der Waals surface area contributed by atoms with E-state index in [0.717, 1.165) is 23.8 Å². The van der Waals surface area contributed by atoms with Gasteiger partial charge in [0.2, 0.25) is 0 Å². The first kappa shape index (κ1) is 15.4. The van der Waals surface area contributed by atoms with Gasteiger partial charge in [-0.15, -0.1) is 0 Å². The van der Waals surface area contributed by atoms with Crippen molar-refractivity contribution in [3.63, 3.8) is 0 Å². The molecular formula is C18H23NO2. The number of benzene rings is 2. The van der Waals surface area contributed by atoms with Gasteiger partial charge in [-0.05, 0) is 36.8 Å². The van der Waals surface area contributed by atoms with Crippen LogP contribution in [-0.4, -0.2) is 12.6 Å². The lowest BCUT2D eigenvalue weighted by Gasteiger charge is -2.12. The Labute approximate surface area is 126 Å². The van der Waals surface area contributed by atoms with Gasteiger partial charge in [0.15, 0.2) is 11.5 Å². The van der Waals surface area contributed by atoms with E-state index in [2.05, 4.69) is 31.3 Å². The molecule has 2 aromatic rings. The summed E-state index contributed by atoms with van der Waals surface area (Å²) in [6.07, 6.45) is 0. The maximum absolute atomic E-state index is 5.90. The molecule has 0 unspecified atom stereocenters. The molecule has 0 atom stereocenters. The molecule has 112 valence electrons. The summed E-state index contributed by atoms with van der Waals surface area (Å²) < 4.78 is 11.5. The molecule has 0 aliphatic carbocycles. The first-order valence-electron chi connectivity index (χ1n) is 7.41. The Hall–Kier alpha value is -2.00. The lowest BCUT2D eigenvalue weighted by Crippen LogP contribution is -2.21. The average Bonchev–Trinajstić information content (AvgIpc) is 2.49. The molecule has 0 aliphatic heterocycles. The summed E-state index contributed by atoms with van der Waals surface area (Å²) in [6.45, 7) is 7.74. The van der Waals surface area contributed by atoms with Crippen LogP contribution in [0.2, 0.25) is 0 Å². The molecule has 0 aliphatic rings. The topological polar surface area (TPSA) is 30.5 Å². The van der Waals surface area contributed by atoms with Crippen molar-refractivity contribution >= 4 is 0 Å². The molecule has 0 heterocycles. The number of para-hydroxylation sites is 2. The van der Waals surface area contributed by atoms with Gasteiger partial charge in [0.25, 0.3) is 0 Å². The SMILES string of the molecule is CCOc1ccccc1Oc1ccc(CNC(C)C)cc1. The van der Waals surface area contributed by atoms with Crippen molar-refractivity contribution in [3.05, 3.63) is 54.1 Å². The largest absolute Gasteiger partial charge is 0.490 e. The summed E-state index contributed by atoms with van der Waals surface area (Å²) >= 11 is 0. The Morgan fingerprint density at radius 3 is 2.24 bits per heavy atom. The minimum Gasteiger partial charge on any atom is -0.490 e. The monoisotopic (exact) mass is 285 g/mol. The molecule has 3 heteroatoms. The van der Waals surface area contributed by atoms with E-state index >= 15 is 0 Å². The molecule has 0 spiro atoms. The van der Waals surface area contributed by atoms with Crippen LogP contribution in [0, 0.1) is 0 Å². The molecule has 0 saturated heterocycles. The molecule has 0 fully saturated rings. The lowest BCUT2D eigenvalue weighted by molar-refractivity contribution is 0.321. The molecule has 0 aromatic heterocycles. The zero-order valence-corrected chi connectivity index (χ0v) is 12.9. The molecule has 1 N–H and O–H groups in total. The van der Waals surface area contributed by atoms with Crippen molar-refractivity contribution in [3.8, 4) is 17.2 Å². The lowest BCUT2D eigenvalue weighted by atomic mass is 10.2. The maximum Gasteiger partial charge on any atom is 0.169 e. The summed E-state index contributed by atoms with van der Waals surface area (Å²) in [5.74, 6) is 2.33. The van der Waals surface area contributed by atoms with Crippen LogP contribution in [-0.2, 0) is 6.54 Å². The standard InChI is InChI=1S/C18H23NO2/c1-4-20-17-7-5-6-8-18(17)21-16-11-9-15(10-12-16)13-19-14(2)3/h5-12,14,19H,4,13H2,1-3H3. The summed E-state index contributed by atoms with van der Waals surface area (Å²) in [5, 5.41) is 3.40. The summed E-state index contributed by atoms with van der Waals surface area (Å²) in [4.78, 5) is 0. The minimum atomic E-state index is 0.485. The molecule has 0 radical (unpaired) electrons. The molecule has 2 rings (SSSR count). The number of hydrogen-bond donors (Lipinski definition) is 1. The highest BCUT2D eigenvalue weighted by Crippen LogP contribution is 2.31. The van der Waals surface area contributed by atoms with Crippen molar-refractivity contribution in [2.24, 2.45) is 0 Å². The number of nitrogens with one attached hydrogen (secondary N) is 1. The van der Waals surface area contributed by atoms with Gasteiger partial charge < -0.3 is 14.8 Å². The molecule has 3 nitrogen and oxygen atoms in total. The maximum atomic E-state index is 5.90. The third-order valence-electron chi connectivity index (χ3n) is 3.01. The van der Waals surface area contributed by atoms with Crippen LogP contribution in [0.4, 0.5) is 0 Å². The predicted molar refractivity (Wildman–Crippen MR) is 86.1 cm³/mol. The van der Waals surface area contributed by atoms with E-state index in [4.69, 9.17) is 9.47 Å². The van der Waals surface area contributed by atoms with E-state index in [-0.39, 0.29) is 0 Å². The average molecular weight is 285 g/mol. The van der Waals surface area contributed by atoms with Gasteiger partial charge >= 0.3 is 0 Å². The van der Waals surface area contributed by atoms with Crippen LogP contribution in [0.1, 0.15) is 26.3 Å². The summed E-state index contributed by atoms with van der Waals surface area (Å²) in [6, 6.07) is 16.3. The molecule has 0 amide bonds. The van der Waals surface area contributed by atoms with Gasteiger partial charge in [0, 0.05) is 12.6 Å². The normalized spacial score (nSPS) is 10.7.